The Morgan fingerprint density at radius 2 is 2.00 bits per heavy atom. The van der Waals surface area contributed by atoms with Crippen LogP contribution in [0.15, 0.2) is 18.2 Å². The second kappa shape index (κ2) is 7.88. The van der Waals surface area contributed by atoms with Gasteiger partial charge in [0, 0.05) is 44.2 Å². The lowest BCUT2D eigenvalue weighted by Crippen LogP contribution is -2.45. The second-order valence-electron chi connectivity index (χ2n) is 5.58. The number of benzene rings is 1. The molecule has 0 unspecified atom stereocenters. The van der Waals surface area contributed by atoms with Crippen molar-refractivity contribution in [3.8, 4) is 11.5 Å². The summed E-state index contributed by atoms with van der Waals surface area (Å²) < 4.78 is 43.4. The summed E-state index contributed by atoms with van der Waals surface area (Å²) in [4.78, 5) is 1.99. The number of halogens is 3. The lowest BCUT2D eigenvalue weighted by Gasteiger charge is -2.36. The minimum Gasteiger partial charge on any atom is -0.504 e. The predicted octanol–water partition coefficient (Wildman–Crippen LogP) is 3.08. The van der Waals surface area contributed by atoms with Crippen LogP contribution >= 0.6 is 0 Å². The minimum absolute atomic E-state index is 0.0555. The van der Waals surface area contributed by atoms with Crippen LogP contribution < -0.4 is 10.1 Å². The van der Waals surface area contributed by atoms with Gasteiger partial charge in [0.05, 0.1) is 6.61 Å². The first kappa shape index (κ1) is 17.9. The van der Waals surface area contributed by atoms with Crippen LogP contribution in [0.4, 0.5) is 13.2 Å². The molecule has 1 fully saturated rings. The van der Waals surface area contributed by atoms with Gasteiger partial charge < -0.3 is 15.2 Å². The lowest BCUT2D eigenvalue weighted by molar-refractivity contribution is -0.138. The van der Waals surface area contributed by atoms with E-state index in [0.29, 0.717) is 31.0 Å². The Kier molecular flexibility index (Phi) is 6.12. The van der Waals surface area contributed by atoms with Gasteiger partial charge in [0.15, 0.2) is 11.5 Å². The minimum atomic E-state index is -4.21. The molecule has 0 amide bonds. The average molecular weight is 332 g/mol. The van der Waals surface area contributed by atoms with Gasteiger partial charge in [-0.25, -0.2) is 0 Å². The van der Waals surface area contributed by atoms with E-state index in [9.17, 15) is 18.3 Å². The van der Waals surface area contributed by atoms with Gasteiger partial charge in [-0.1, -0.05) is 12.1 Å². The van der Waals surface area contributed by atoms with Gasteiger partial charge in [0.2, 0.25) is 0 Å². The van der Waals surface area contributed by atoms with Crippen LogP contribution in [0.5, 0.6) is 11.5 Å². The van der Waals surface area contributed by atoms with Gasteiger partial charge in [0.1, 0.15) is 0 Å². The van der Waals surface area contributed by atoms with E-state index in [1.807, 2.05) is 4.90 Å². The van der Waals surface area contributed by atoms with Crippen molar-refractivity contribution in [2.75, 3.05) is 32.8 Å². The molecule has 1 atom stereocenters. The van der Waals surface area contributed by atoms with Crippen LogP contribution in [-0.4, -0.2) is 49.0 Å². The zero-order valence-electron chi connectivity index (χ0n) is 13.2. The highest BCUT2D eigenvalue weighted by Gasteiger charge is 2.32. The fourth-order valence-corrected chi connectivity index (χ4v) is 2.91. The van der Waals surface area contributed by atoms with Crippen LogP contribution in [0, 0.1) is 0 Å². The molecule has 0 spiro atoms. The molecule has 1 aliphatic heterocycles. The van der Waals surface area contributed by atoms with Crippen LogP contribution in [-0.2, 0) is 0 Å². The average Bonchev–Trinajstić information content (AvgIpc) is 2.51. The summed E-state index contributed by atoms with van der Waals surface area (Å²) in [7, 11) is 0. The Hall–Kier alpha value is -1.47. The maximum atomic E-state index is 12.7. The molecule has 0 aliphatic carbocycles. The van der Waals surface area contributed by atoms with E-state index >= 15 is 0 Å². The van der Waals surface area contributed by atoms with E-state index in [-0.39, 0.29) is 12.2 Å². The maximum absolute atomic E-state index is 12.7. The molecule has 1 aliphatic rings. The van der Waals surface area contributed by atoms with Gasteiger partial charge in [-0.3, -0.25) is 4.90 Å². The van der Waals surface area contributed by atoms with E-state index in [4.69, 9.17) is 4.74 Å². The molecule has 130 valence electrons. The third kappa shape index (κ3) is 5.00. The summed E-state index contributed by atoms with van der Waals surface area (Å²) in [6.45, 7) is 4.95. The topological polar surface area (TPSA) is 44.7 Å². The quantitative estimate of drug-likeness (QED) is 0.840. The number of ether oxygens (including phenoxy) is 1. The van der Waals surface area contributed by atoms with Crippen molar-refractivity contribution in [3.63, 3.8) is 0 Å². The third-order valence-corrected chi connectivity index (χ3v) is 3.98. The molecule has 4 nitrogen and oxygen atoms in total. The number of phenolic OH excluding ortho intramolecular Hbond substituents is 1. The molecular formula is C16H23F3N2O2. The summed E-state index contributed by atoms with van der Waals surface area (Å²) in [5.41, 5.74) is 0.502. The molecule has 1 saturated heterocycles. The van der Waals surface area contributed by atoms with Crippen molar-refractivity contribution in [1.82, 2.24) is 10.2 Å². The smallest absolute Gasteiger partial charge is 0.389 e. The monoisotopic (exact) mass is 332 g/mol. The first-order chi connectivity index (χ1) is 10.9. The predicted molar refractivity (Wildman–Crippen MR) is 81.7 cm³/mol. The van der Waals surface area contributed by atoms with E-state index in [1.54, 1.807) is 25.1 Å². The van der Waals surface area contributed by atoms with E-state index in [1.165, 1.54) is 0 Å². The highest BCUT2D eigenvalue weighted by molar-refractivity contribution is 5.47. The summed E-state index contributed by atoms with van der Waals surface area (Å²) in [6, 6.07) is 4.55. The number of para-hydroxylation sites is 1. The number of hydrogen-bond acceptors (Lipinski definition) is 4. The standard InChI is InChI=1S/C16H23F3N2O2/c1-2-23-14-5-3-4-12(15(14)22)13(6-7-16(17,18)19)21-10-8-20-9-11-21/h3-5,13,20,22H,2,6-11H2,1H3/t13-/m1/s1. The van der Waals surface area contributed by atoms with Gasteiger partial charge in [-0.15, -0.1) is 0 Å². The molecule has 0 bridgehead atoms. The summed E-state index contributed by atoms with van der Waals surface area (Å²) in [5, 5.41) is 13.6. The maximum Gasteiger partial charge on any atom is 0.389 e. The number of alkyl halides is 3. The van der Waals surface area contributed by atoms with Gasteiger partial charge in [0.25, 0.3) is 0 Å². The zero-order valence-corrected chi connectivity index (χ0v) is 13.2. The number of piperazine rings is 1. The first-order valence-electron chi connectivity index (χ1n) is 7.88. The number of rotatable bonds is 6. The van der Waals surface area contributed by atoms with Crippen molar-refractivity contribution in [2.24, 2.45) is 0 Å². The van der Waals surface area contributed by atoms with Gasteiger partial charge in [-0.05, 0) is 19.4 Å². The largest absolute Gasteiger partial charge is 0.504 e. The first-order valence-corrected chi connectivity index (χ1v) is 7.88. The Labute approximate surface area is 134 Å². The van der Waals surface area contributed by atoms with Crippen molar-refractivity contribution in [1.29, 1.82) is 0 Å². The van der Waals surface area contributed by atoms with Crippen LogP contribution in [0.2, 0.25) is 0 Å². The van der Waals surface area contributed by atoms with Crippen molar-refractivity contribution < 1.29 is 23.0 Å². The molecule has 0 aromatic heterocycles. The van der Waals surface area contributed by atoms with Crippen LogP contribution in [0.3, 0.4) is 0 Å². The molecule has 2 rings (SSSR count). The third-order valence-electron chi connectivity index (χ3n) is 3.98. The molecule has 7 heteroatoms. The van der Waals surface area contributed by atoms with Gasteiger partial charge in [-0.2, -0.15) is 13.2 Å². The SMILES string of the molecule is CCOc1cccc([C@@H](CCC(F)(F)F)N2CCNCC2)c1O. The molecule has 23 heavy (non-hydrogen) atoms. The number of hydrogen-bond donors (Lipinski definition) is 2. The molecule has 0 saturated carbocycles. The van der Waals surface area contributed by atoms with Crippen LogP contribution in [0.1, 0.15) is 31.4 Å². The Morgan fingerprint density at radius 1 is 1.30 bits per heavy atom. The van der Waals surface area contributed by atoms with E-state index in [0.717, 1.165) is 13.1 Å². The molecule has 1 aromatic carbocycles. The number of aromatic hydroxyl groups is 1. The fourth-order valence-electron chi connectivity index (χ4n) is 2.91. The number of phenols is 1. The van der Waals surface area contributed by atoms with Crippen LogP contribution in [0.25, 0.3) is 0 Å². The second-order valence-corrected chi connectivity index (χ2v) is 5.58. The van der Waals surface area contributed by atoms with E-state index < -0.39 is 18.6 Å². The highest BCUT2D eigenvalue weighted by Crippen LogP contribution is 2.39. The summed E-state index contributed by atoms with van der Waals surface area (Å²) in [6.07, 6.45) is -5.16. The summed E-state index contributed by atoms with van der Waals surface area (Å²) >= 11 is 0. The molecular weight excluding hydrogens is 309 g/mol. The van der Waals surface area contributed by atoms with Crippen molar-refractivity contribution in [3.05, 3.63) is 23.8 Å². The normalized spacial score (nSPS) is 17.9. The van der Waals surface area contributed by atoms with Crippen molar-refractivity contribution >= 4 is 0 Å². The number of nitrogens with zero attached hydrogens (tertiary/aromatic N) is 1. The highest BCUT2D eigenvalue weighted by atomic mass is 19.4. The lowest BCUT2D eigenvalue weighted by atomic mass is 9.98. The fraction of sp³-hybridized carbons (Fsp3) is 0.625. The Bertz CT molecular complexity index is 503. The Balaban J connectivity index is 2.26. The number of nitrogens with one attached hydrogen (secondary N) is 1. The van der Waals surface area contributed by atoms with E-state index in [2.05, 4.69) is 5.32 Å². The summed E-state index contributed by atoms with van der Waals surface area (Å²) in [5.74, 6) is 0.261. The molecule has 0 radical (unpaired) electrons. The van der Waals surface area contributed by atoms with Crippen molar-refractivity contribution in [2.45, 2.75) is 32.0 Å². The Morgan fingerprint density at radius 3 is 2.61 bits per heavy atom. The molecule has 2 N–H and O–H groups in total. The van der Waals surface area contributed by atoms with Gasteiger partial charge >= 0.3 is 6.18 Å². The zero-order chi connectivity index (χ0) is 16.9. The molecule has 1 heterocycles. The molecule has 1 aromatic rings.